The number of esters is 1. The third kappa shape index (κ3) is 5.91. The van der Waals surface area contributed by atoms with Crippen LogP contribution in [0.1, 0.15) is 31.2 Å². The van der Waals surface area contributed by atoms with Crippen molar-refractivity contribution in [2.45, 2.75) is 24.7 Å². The Morgan fingerprint density at radius 3 is 2.58 bits per heavy atom. The van der Waals surface area contributed by atoms with Crippen LogP contribution in [0.3, 0.4) is 0 Å². The molecule has 0 amide bonds. The molecule has 3 aromatic rings. The molecule has 0 unspecified atom stereocenters. The Kier molecular flexibility index (Phi) is 7.39. The molecule has 10 heteroatoms. The van der Waals surface area contributed by atoms with Crippen molar-refractivity contribution in [1.29, 1.82) is 0 Å². The first-order valence-corrected chi connectivity index (χ1v) is 12.6. The maximum atomic E-state index is 11.9. The lowest BCUT2D eigenvalue weighted by molar-refractivity contribution is -0.136. The largest absolute Gasteiger partial charge is 0.464 e. The standard InChI is InChI=1S/C23H24N4O4S2/c1-14(2)17-10-5-6-11-19(17)25-20(13-18(24)23(28)31-3)21-26-22(32-27-21)15-8-7-9-16(12-15)33(4,29)30/h5-14H,24H2,1-4H3. The van der Waals surface area contributed by atoms with Gasteiger partial charge in [-0.2, -0.15) is 4.37 Å². The third-order valence-corrected chi connectivity index (χ3v) is 6.55. The summed E-state index contributed by atoms with van der Waals surface area (Å²) in [5.74, 6) is -0.229. The zero-order valence-electron chi connectivity index (χ0n) is 18.6. The topological polar surface area (TPSA) is 125 Å². The van der Waals surface area contributed by atoms with E-state index >= 15 is 0 Å². The smallest absolute Gasteiger partial charge is 0.353 e. The number of allylic oxidation sites excluding steroid dienone is 1. The molecule has 2 aromatic carbocycles. The van der Waals surface area contributed by atoms with Gasteiger partial charge in [-0.15, -0.1) is 0 Å². The Morgan fingerprint density at radius 2 is 1.91 bits per heavy atom. The lowest BCUT2D eigenvalue weighted by atomic mass is 10.0. The fourth-order valence-electron chi connectivity index (χ4n) is 2.98. The predicted molar refractivity (Wildman–Crippen MR) is 129 cm³/mol. The zero-order valence-corrected chi connectivity index (χ0v) is 20.3. The van der Waals surface area contributed by atoms with E-state index in [1.807, 2.05) is 24.3 Å². The number of nitrogens with zero attached hydrogens (tertiary/aromatic N) is 3. The molecule has 172 valence electrons. The van der Waals surface area contributed by atoms with Gasteiger partial charge in [0.25, 0.3) is 0 Å². The average molecular weight is 485 g/mol. The van der Waals surface area contributed by atoms with Gasteiger partial charge in [0.05, 0.1) is 17.7 Å². The van der Waals surface area contributed by atoms with Gasteiger partial charge in [0, 0.05) is 11.8 Å². The van der Waals surface area contributed by atoms with Crippen molar-refractivity contribution in [2.75, 3.05) is 13.4 Å². The van der Waals surface area contributed by atoms with Crippen molar-refractivity contribution < 1.29 is 17.9 Å². The quantitative estimate of drug-likeness (QED) is 0.307. The minimum absolute atomic E-state index is 0.145. The average Bonchev–Trinajstić information content (AvgIpc) is 3.28. The second kappa shape index (κ2) is 10.1. The highest BCUT2D eigenvalue weighted by Gasteiger charge is 2.17. The molecule has 8 nitrogen and oxygen atoms in total. The summed E-state index contributed by atoms with van der Waals surface area (Å²) in [6.07, 6.45) is 2.52. The van der Waals surface area contributed by atoms with Gasteiger partial charge in [0.15, 0.2) is 15.7 Å². The van der Waals surface area contributed by atoms with E-state index in [1.54, 1.807) is 18.2 Å². The molecule has 1 heterocycles. The second-order valence-corrected chi connectivity index (χ2v) is 10.3. The molecule has 0 saturated heterocycles. The number of ether oxygens (including phenoxy) is 1. The predicted octanol–water partition coefficient (Wildman–Crippen LogP) is 3.87. The number of rotatable bonds is 7. The van der Waals surface area contributed by atoms with Crippen LogP contribution in [0.25, 0.3) is 10.6 Å². The lowest BCUT2D eigenvalue weighted by Gasteiger charge is -2.09. The van der Waals surface area contributed by atoms with Crippen molar-refractivity contribution in [2.24, 2.45) is 10.7 Å². The molecule has 2 N–H and O–H groups in total. The highest BCUT2D eigenvalue weighted by atomic mass is 32.2. The normalized spacial score (nSPS) is 12.8. The van der Waals surface area contributed by atoms with Crippen molar-refractivity contribution in [3.63, 3.8) is 0 Å². The van der Waals surface area contributed by atoms with Gasteiger partial charge in [-0.3, -0.25) is 0 Å². The first-order valence-electron chi connectivity index (χ1n) is 9.98. The molecule has 1 aromatic heterocycles. The van der Waals surface area contributed by atoms with E-state index in [4.69, 9.17) is 15.5 Å². The molecule has 0 atom stereocenters. The molecule has 0 fully saturated rings. The molecule has 0 aliphatic carbocycles. The van der Waals surface area contributed by atoms with E-state index in [0.717, 1.165) is 23.4 Å². The van der Waals surface area contributed by atoms with Crippen molar-refractivity contribution in [1.82, 2.24) is 9.36 Å². The minimum atomic E-state index is -3.37. The SMILES string of the molecule is COC(=O)C(N)=CC(=Nc1ccccc1C(C)C)c1nsc(-c2cccc(S(C)(=O)=O)c2)n1. The Balaban J connectivity index is 2.12. The highest BCUT2D eigenvalue weighted by Crippen LogP contribution is 2.28. The molecular formula is C23H24N4O4S2. The van der Waals surface area contributed by atoms with Gasteiger partial charge < -0.3 is 10.5 Å². The van der Waals surface area contributed by atoms with E-state index in [0.29, 0.717) is 16.3 Å². The maximum Gasteiger partial charge on any atom is 0.353 e. The van der Waals surface area contributed by atoms with Crippen LogP contribution in [-0.2, 0) is 19.4 Å². The summed E-state index contributed by atoms with van der Waals surface area (Å²) in [6, 6.07) is 14.1. The van der Waals surface area contributed by atoms with Crippen molar-refractivity contribution in [3.8, 4) is 10.6 Å². The second-order valence-electron chi connectivity index (χ2n) is 7.52. The zero-order chi connectivity index (χ0) is 24.2. The minimum Gasteiger partial charge on any atom is -0.464 e. The van der Waals surface area contributed by atoms with E-state index in [1.165, 1.54) is 19.3 Å². The van der Waals surface area contributed by atoms with Gasteiger partial charge in [-0.25, -0.2) is 23.2 Å². The molecule has 0 saturated carbocycles. The van der Waals surface area contributed by atoms with Gasteiger partial charge in [0.1, 0.15) is 16.4 Å². The molecular weight excluding hydrogens is 460 g/mol. The van der Waals surface area contributed by atoms with E-state index in [2.05, 4.69) is 23.2 Å². The molecule has 33 heavy (non-hydrogen) atoms. The molecule has 0 bridgehead atoms. The van der Waals surface area contributed by atoms with Crippen molar-refractivity contribution >= 4 is 38.7 Å². The van der Waals surface area contributed by atoms with Crippen LogP contribution in [0, 0.1) is 0 Å². The number of benzene rings is 2. The molecule has 3 rings (SSSR count). The number of sulfone groups is 1. The summed E-state index contributed by atoms with van der Waals surface area (Å²) < 4.78 is 32.9. The van der Waals surface area contributed by atoms with Gasteiger partial charge >= 0.3 is 5.97 Å². The Bertz CT molecular complexity index is 1340. The van der Waals surface area contributed by atoms with Crippen LogP contribution in [0.4, 0.5) is 5.69 Å². The number of carbonyl (C=O) groups is 1. The summed E-state index contributed by atoms with van der Waals surface area (Å²) in [6.45, 7) is 4.11. The Morgan fingerprint density at radius 1 is 1.18 bits per heavy atom. The number of hydrogen-bond acceptors (Lipinski definition) is 9. The number of para-hydroxylation sites is 1. The van der Waals surface area contributed by atoms with E-state index < -0.39 is 15.8 Å². The molecule has 0 spiro atoms. The number of aliphatic imine (C=N–C) groups is 1. The summed E-state index contributed by atoms with van der Waals surface area (Å²) in [5.41, 5.74) is 8.35. The van der Waals surface area contributed by atoms with E-state index in [9.17, 15) is 13.2 Å². The molecule has 0 radical (unpaired) electrons. The number of aromatic nitrogens is 2. The third-order valence-electron chi connectivity index (χ3n) is 4.68. The van der Waals surface area contributed by atoms with Crippen LogP contribution < -0.4 is 5.73 Å². The Labute approximate surface area is 196 Å². The van der Waals surface area contributed by atoms with Crippen LogP contribution in [0.2, 0.25) is 0 Å². The fraction of sp³-hybridized carbons (Fsp3) is 0.217. The Hall–Kier alpha value is -3.37. The monoisotopic (exact) mass is 484 g/mol. The lowest BCUT2D eigenvalue weighted by Crippen LogP contribution is -2.15. The van der Waals surface area contributed by atoms with Crippen LogP contribution in [0.5, 0.6) is 0 Å². The number of hydrogen-bond donors (Lipinski definition) is 1. The number of nitrogens with two attached hydrogens (primary N) is 1. The van der Waals surface area contributed by atoms with Crippen LogP contribution >= 0.6 is 11.5 Å². The fourth-order valence-corrected chi connectivity index (χ4v) is 4.32. The van der Waals surface area contributed by atoms with Crippen LogP contribution in [-0.4, -0.2) is 42.8 Å². The highest BCUT2D eigenvalue weighted by molar-refractivity contribution is 7.90. The summed E-state index contributed by atoms with van der Waals surface area (Å²) in [5, 5.41) is 0.505. The van der Waals surface area contributed by atoms with Gasteiger partial charge in [-0.05, 0) is 47.3 Å². The van der Waals surface area contributed by atoms with Gasteiger partial charge in [0.2, 0.25) is 0 Å². The van der Waals surface area contributed by atoms with Crippen LogP contribution in [0.15, 0.2) is 70.2 Å². The summed E-state index contributed by atoms with van der Waals surface area (Å²) in [7, 11) is -2.13. The summed E-state index contributed by atoms with van der Waals surface area (Å²) >= 11 is 1.09. The maximum absolute atomic E-state index is 11.9. The van der Waals surface area contributed by atoms with Gasteiger partial charge in [-0.1, -0.05) is 44.2 Å². The van der Waals surface area contributed by atoms with Crippen molar-refractivity contribution in [3.05, 3.63) is 71.7 Å². The molecule has 0 aliphatic rings. The first kappa shape index (κ1) is 24.3. The van der Waals surface area contributed by atoms with E-state index in [-0.39, 0.29) is 28.0 Å². The number of methoxy groups -OCH3 is 1. The summed E-state index contributed by atoms with van der Waals surface area (Å²) in [4.78, 5) is 21.3. The first-order chi connectivity index (χ1) is 15.6. The number of carbonyl (C=O) groups excluding carboxylic acids is 1. The molecule has 0 aliphatic heterocycles.